The molecular formula is C15H26N4O3. The minimum absolute atomic E-state index is 0.00414. The number of carbonyl (C=O) groups is 3. The summed E-state index contributed by atoms with van der Waals surface area (Å²) in [6, 6.07) is 0. The minimum atomic E-state index is -0.121. The van der Waals surface area contributed by atoms with Crippen LogP contribution >= 0.6 is 0 Å². The summed E-state index contributed by atoms with van der Waals surface area (Å²) in [5.74, 6) is -0.0317. The lowest BCUT2D eigenvalue weighted by Crippen LogP contribution is -2.43. The highest BCUT2D eigenvalue weighted by Gasteiger charge is 2.20. The van der Waals surface area contributed by atoms with Crippen LogP contribution < -0.4 is 5.32 Å². The van der Waals surface area contributed by atoms with Crippen molar-refractivity contribution in [1.82, 2.24) is 20.0 Å². The van der Waals surface area contributed by atoms with Gasteiger partial charge in [0.05, 0.1) is 13.1 Å². The largest absolute Gasteiger partial charge is 0.346 e. The van der Waals surface area contributed by atoms with E-state index < -0.39 is 0 Å². The normalized spacial score (nSPS) is 19.9. The van der Waals surface area contributed by atoms with E-state index in [1.807, 2.05) is 9.80 Å². The van der Waals surface area contributed by atoms with Crippen molar-refractivity contribution >= 4 is 17.7 Å². The van der Waals surface area contributed by atoms with E-state index in [1.165, 1.54) is 0 Å². The van der Waals surface area contributed by atoms with E-state index in [9.17, 15) is 14.4 Å². The Bertz CT molecular complexity index is 421. The van der Waals surface area contributed by atoms with Crippen molar-refractivity contribution in [2.24, 2.45) is 0 Å². The van der Waals surface area contributed by atoms with Gasteiger partial charge in [-0.05, 0) is 19.3 Å². The smallest absolute Gasteiger partial charge is 0.241 e. The first-order valence-electron chi connectivity index (χ1n) is 8.08. The van der Waals surface area contributed by atoms with Crippen molar-refractivity contribution < 1.29 is 14.4 Å². The summed E-state index contributed by atoms with van der Waals surface area (Å²) < 4.78 is 0. The average molecular weight is 310 g/mol. The first-order valence-corrected chi connectivity index (χ1v) is 8.08. The Hall–Kier alpha value is -1.63. The van der Waals surface area contributed by atoms with Crippen LogP contribution in [-0.4, -0.2) is 84.8 Å². The molecule has 3 amide bonds. The molecule has 22 heavy (non-hydrogen) atoms. The predicted octanol–water partition coefficient (Wildman–Crippen LogP) is -0.721. The molecule has 0 unspecified atom stereocenters. The van der Waals surface area contributed by atoms with Gasteiger partial charge in [-0.1, -0.05) is 0 Å². The average Bonchev–Trinajstić information content (AvgIpc) is 2.92. The van der Waals surface area contributed by atoms with Gasteiger partial charge >= 0.3 is 0 Å². The number of nitrogens with zero attached hydrogens (tertiary/aromatic N) is 3. The van der Waals surface area contributed by atoms with Gasteiger partial charge < -0.3 is 15.1 Å². The molecule has 0 saturated carbocycles. The zero-order valence-corrected chi connectivity index (χ0v) is 13.3. The molecule has 0 spiro atoms. The Labute approximate surface area is 131 Å². The van der Waals surface area contributed by atoms with Gasteiger partial charge in [-0.2, -0.15) is 0 Å². The van der Waals surface area contributed by atoms with Crippen LogP contribution in [0.1, 0.15) is 26.2 Å². The number of carbonyl (C=O) groups excluding carboxylic acids is 3. The van der Waals surface area contributed by atoms with Crippen LogP contribution in [0.4, 0.5) is 0 Å². The molecule has 0 atom stereocenters. The third-order valence-corrected chi connectivity index (χ3v) is 4.30. The number of likely N-dealkylation sites (tertiary alicyclic amines) is 1. The Balaban J connectivity index is 1.68. The number of rotatable bonds is 4. The monoisotopic (exact) mass is 310 g/mol. The van der Waals surface area contributed by atoms with Gasteiger partial charge in [0.1, 0.15) is 0 Å². The highest BCUT2D eigenvalue weighted by atomic mass is 16.2. The topological polar surface area (TPSA) is 73.0 Å². The molecule has 1 N–H and O–H groups in total. The maximum absolute atomic E-state index is 12.0. The van der Waals surface area contributed by atoms with E-state index in [4.69, 9.17) is 0 Å². The molecule has 2 aliphatic rings. The zero-order valence-electron chi connectivity index (χ0n) is 13.3. The third kappa shape index (κ3) is 4.98. The summed E-state index contributed by atoms with van der Waals surface area (Å²) in [7, 11) is 0. The van der Waals surface area contributed by atoms with Crippen molar-refractivity contribution in [3.63, 3.8) is 0 Å². The Morgan fingerprint density at radius 3 is 2.23 bits per heavy atom. The SMILES string of the molecule is CC(=O)N1CCCN(CC(=O)NCC(=O)N2CCCC2)CC1. The van der Waals surface area contributed by atoms with Crippen molar-refractivity contribution in [1.29, 1.82) is 0 Å². The molecule has 124 valence electrons. The lowest BCUT2D eigenvalue weighted by atomic mass is 10.3. The maximum atomic E-state index is 12.0. The van der Waals surface area contributed by atoms with Gasteiger partial charge in [0.2, 0.25) is 17.7 Å². The zero-order chi connectivity index (χ0) is 15.9. The van der Waals surface area contributed by atoms with E-state index >= 15 is 0 Å². The number of nitrogens with one attached hydrogen (secondary N) is 1. The third-order valence-electron chi connectivity index (χ3n) is 4.30. The molecular weight excluding hydrogens is 284 g/mol. The summed E-state index contributed by atoms with van der Waals surface area (Å²) in [6.07, 6.45) is 2.99. The van der Waals surface area contributed by atoms with Crippen LogP contribution in [0.5, 0.6) is 0 Å². The quantitative estimate of drug-likeness (QED) is 0.744. The van der Waals surface area contributed by atoms with Crippen LogP contribution in [0.25, 0.3) is 0 Å². The molecule has 0 aromatic carbocycles. The number of hydrogen-bond acceptors (Lipinski definition) is 4. The molecule has 7 heteroatoms. The second-order valence-electron chi connectivity index (χ2n) is 6.00. The van der Waals surface area contributed by atoms with Crippen LogP contribution in [0, 0.1) is 0 Å². The summed E-state index contributed by atoms with van der Waals surface area (Å²) >= 11 is 0. The van der Waals surface area contributed by atoms with E-state index in [1.54, 1.807) is 11.8 Å². The lowest BCUT2D eigenvalue weighted by Gasteiger charge is -2.21. The summed E-state index contributed by atoms with van der Waals surface area (Å²) in [6.45, 7) is 6.49. The second-order valence-corrected chi connectivity index (χ2v) is 6.00. The minimum Gasteiger partial charge on any atom is -0.346 e. The van der Waals surface area contributed by atoms with Crippen molar-refractivity contribution in [3.05, 3.63) is 0 Å². The predicted molar refractivity (Wildman–Crippen MR) is 82.1 cm³/mol. The maximum Gasteiger partial charge on any atom is 0.241 e. The van der Waals surface area contributed by atoms with Gasteiger partial charge in [-0.25, -0.2) is 0 Å². The molecule has 2 saturated heterocycles. The van der Waals surface area contributed by atoms with Crippen molar-refractivity contribution in [3.8, 4) is 0 Å². The number of amides is 3. The van der Waals surface area contributed by atoms with Gasteiger partial charge in [0.25, 0.3) is 0 Å². The Kier molecular flexibility index (Phi) is 6.18. The molecule has 2 heterocycles. The van der Waals surface area contributed by atoms with Crippen LogP contribution in [0.2, 0.25) is 0 Å². The van der Waals surface area contributed by atoms with Crippen LogP contribution in [-0.2, 0) is 14.4 Å². The summed E-state index contributed by atoms with van der Waals surface area (Å²) in [5.41, 5.74) is 0. The van der Waals surface area contributed by atoms with E-state index in [-0.39, 0.29) is 24.3 Å². The molecule has 0 aromatic heterocycles. The molecule has 2 fully saturated rings. The lowest BCUT2D eigenvalue weighted by molar-refractivity contribution is -0.132. The molecule has 2 aliphatic heterocycles. The van der Waals surface area contributed by atoms with Crippen LogP contribution in [0.3, 0.4) is 0 Å². The second kappa shape index (κ2) is 8.12. The fourth-order valence-electron chi connectivity index (χ4n) is 2.96. The molecule has 0 bridgehead atoms. The summed E-state index contributed by atoms with van der Waals surface area (Å²) in [5, 5.41) is 2.71. The van der Waals surface area contributed by atoms with Gasteiger partial charge in [0.15, 0.2) is 0 Å². The molecule has 0 aromatic rings. The Morgan fingerprint density at radius 1 is 0.864 bits per heavy atom. The first kappa shape index (κ1) is 16.7. The first-order chi connectivity index (χ1) is 10.6. The van der Waals surface area contributed by atoms with Gasteiger partial charge in [-0.15, -0.1) is 0 Å². The van der Waals surface area contributed by atoms with E-state index in [2.05, 4.69) is 5.32 Å². The summed E-state index contributed by atoms with van der Waals surface area (Å²) in [4.78, 5) is 40.8. The molecule has 0 radical (unpaired) electrons. The van der Waals surface area contributed by atoms with E-state index in [0.717, 1.165) is 45.4 Å². The molecule has 7 nitrogen and oxygen atoms in total. The molecule has 2 rings (SSSR count). The number of hydrogen-bond donors (Lipinski definition) is 1. The van der Waals surface area contributed by atoms with Crippen molar-refractivity contribution in [2.45, 2.75) is 26.2 Å². The fraction of sp³-hybridized carbons (Fsp3) is 0.800. The van der Waals surface area contributed by atoms with Crippen molar-refractivity contribution in [2.75, 3.05) is 52.4 Å². The van der Waals surface area contributed by atoms with Gasteiger partial charge in [0, 0.05) is 46.2 Å². The highest BCUT2D eigenvalue weighted by Crippen LogP contribution is 2.07. The standard InChI is InChI=1S/C15H26N4O3/c1-13(20)18-8-4-5-17(9-10-18)12-14(21)16-11-15(22)19-6-2-3-7-19/h2-12H2,1H3,(H,16,21). The highest BCUT2D eigenvalue weighted by molar-refractivity contribution is 5.85. The van der Waals surface area contributed by atoms with Gasteiger partial charge in [-0.3, -0.25) is 19.3 Å². The fourth-order valence-corrected chi connectivity index (χ4v) is 2.96. The Morgan fingerprint density at radius 2 is 1.55 bits per heavy atom. The molecule has 0 aliphatic carbocycles. The van der Waals surface area contributed by atoms with Crippen LogP contribution in [0.15, 0.2) is 0 Å². The van der Waals surface area contributed by atoms with E-state index in [0.29, 0.717) is 19.6 Å².